The maximum absolute atomic E-state index is 9.19. The number of aliphatic imine (C=N–C) groups is 6. The quantitative estimate of drug-likeness (QED) is 0.624. The van der Waals surface area contributed by atoms with Crippen LogP contribution >= 0.6 is 0 Å². The molecule has 2 atom stereocenters. The molecular weight excluding hydrogens is 332 g/mol. The van der Waals surface area contributed by atoms with Crippen molar-refractivity contribution in [2.75, 3.05) is 0 Å². The van der Waals surface area contributed by atoms with Crippen LogP contribution in [0.1, 0.15) is 0 Å². The molecule has 0 fully saturated rings. The average molecular weight is 338 g/mol. The Morgan fingerprint density at radius 1 is 0.654 bits per heavy atom. The van der Waals surface area contributed by atoms with E-state index in [1.165, 1.54) is 24.8 Å². The first-order valence-electron chi connectivity index (χ1n) is 7.10. The molecule has 0 aliphatic carbocycles. The molecule has 3 heterocycles. The third-order valence-corrected chi connectivity index (χ3v) is 3.45. The van der Waals surface area contributed by atoms with Crippen LogP contribution in [0.5, 0.6) is 0 Å². The Morgan fingerprint density at radius 3 is 1.42 bits per heavy atom. The second kappa shape index (κ2) is 6.92. The molecule has 0 N–H and O–H groups in total. The van der Waals surface area contributed by atoms with Crippen LogP contribution < -0.4 is 0 Å². The van der Waals surface area contributed by atoms with Crippen molar-refractivity contribution in [3.05, 3.63) is 23.8 Å². The van der Waals surface area contributed by atoms with Gasteiger partial charge in [0.15, 0.2) is 22.8 Å². The van der Waals surface area contributed by atoms with Crippen LogP contribution in [0.15, 0.2) is 53.7 Å². The van der Waals surface area contributed by atoms with Gasteiger partial charge >= 0.3 is 0 Å². The summed E-state index contributed by atoms with van der Waals surface area (Å²) >= 11 is 0. The molecule has 3 aliphatic rings. The van der Waals surface area contributed by atoms with Crippen LogP contribution in [0.4, 0.5) is 0 Å². The number of rotatable bonds is 0. The van der Waals surface area contributed by atoms with Crippen molar-refractivity contribution in [2.45, 2.75) is 12.1 Å². The van der Waals surface area contributed by atoms with Gasteiger partial charge in [-0.3, -0.25) is 20.0 Å². The number of hydrogen-bond donors (Lipinski definition) is 0. The molecule has 0 saturated carbocycles. The lowest BCUT2D eigenvalue weighted by molar-refractivity contribution is 0.635. The zero-order chi connectivity index (χ0) is 18.5. The van der Waals surface area contributed by atoms with Crippen LogP contribution in [-0.4, -0.2) is 47.4 Å². The summed E-state index contributed by atoms with van der Waals surface area (Å²) in [4.78, 5) is 24.8. The summed E-state index contributed by atoms with van der Waals surface area (Å²) in [7, 11) is 0. The van der Waals surface area contributed by atoms with Crippen molar-refractivity contribution in [3.63, 3.8) is 0 Å². The molecule has 0 saturated heterocycles. The summed E-state index contributed by atoms with van der Waals surface area (Å²) in [6.07, 6.45) is 5.07. The molecule has 0 bridgehead atoms. The van der Waals surface area contributed by atoms with Crippen molar-refractivity contribution in [1.82, 2.24) is 0 Å². The normalized spacial score (nSPS) is 27.5. The van der Waals surface area contributed by atoms with Crippen LogP contribution in [-0.2, 0) is 0 Å². The molecule has 120 valence electrons. The highest BCUT2D eigenvalue weighted by molar-refractivity contribution is 6.53. The van der Waals surface area contributed by atoms with Gasteiger partial charge in [-0.25, -0.2) is 9.98 Å². The predicted octanol–water partition coefficient (Wildman–Crippen LogP) is 0.447. The summed E-state index contributed by atoms with van der Waals surface area (Å²) in [6, 6.07) is 5.85. The van der Waals surface area contributed by atoms with Gasteiger partial charge in [0.05, 0.1) is 36.2 Å². The fraction of sp³-hybridized carbons (Fsp3) is 0.125. The first kappa shape index (κ1) is 16.3. The Hall–Kier alpha value is -4.54. The molecule has 10 heteroatoms. The van der Waals surface area contributed by atoms with E-state index < -0.39 is 12.1 Å². The molecule has 26 heavy (non-hydrogen) atoms. The van der Waals surface area contributed by atoms with Gasteiger partial charge in [0, 0.05) is 0 Å². The molecule has 0 amide bonds. The van der Waals surface area contributed by atoms with Gasteiger partial charge in [0.25, 0.3) is 0 Å². The maximum atomic E-state index is 9.19. The van der Waals surface area contributed by atoms with E-state index in [-0.39, 0.29) is 22.8 Å². The van der Waals surface area contributed by atoms with Crippen molar-refractivity contribution >= 4 is 35.3 Å². The van der Waals surface area contributed by atoms with Crippen LogP contribution in [0.3, 0.4) is 0 Å². The van der Waals surface area contributed by atoms with Crippen molar-refractivity contribution in [2.24, 2.45) is 30.0 Å². The fourth-order valence-corrected chi connectivity index (χ4v) is 2.27. The topological polar surface area (TPSA) is 169 Å². The number of nitrogens with zero attached hydrogens (tertiary/aromatic N) is 10. The van der Waals surface area contributed by atoms with Crippen LogP contribution in [0.25, 0.3) is 0 Å². The van der Waals surface area contributed by atoms with Crippen molar-refractivity contribution < 1.29 is 0 Å². The first-order valence-corrected chi connectivity index (χ1v) is 7.10. The van der Waals surface area contributed by atoms with Gasteiger partial charge in [-0.1, -0.05) is 0 Å². The van der Waals surface area contributed by atoms with Gasteiger partial charge in [-0.2, -0.15) is 21.0 Å². The zero-order valence-electron chi connectivity index (χ0n) is 12.9. The molecule has 0 aromatic heterocycles. The summed E-state index contributed by atoms with van der Waals surface area (Å²) in [5, 5.41) is 36.6. The molecular formula is C16H6N10. The van der Waals surface area contributed by atoms with Gasteiger partial charge in [-0.15, -0.1) is 0 Å². The molecule has 0 aromatic carbocycles. The van der Waals surface area contributed by atoms with E-state index in [1.807, 2.05) is 12.1 Å². The third-order valence-electron chi connectivity index (χ3n) is 3.45. The Kier molecular flexibility index (Phi) is 4.34. The van der Waals surface area contributed by atoms with Gasteiger partial charge in [-0.05, 0) is 0 Å². The Labute approximate surface area is 147 Å². The predicted molar refractivity (Wildman–Crippen MR) is 92.9 cm³/mol. The monoisotopic (exact) mass is 338 g/mol. The molecule has 0 aromatic rings. The van der Waals surface area contributed by atoms with Crippen LogP contribution in [0.2, 0.25) is 0 Å². The number of hydrogen-bond acceptors (Lipinski definition) is 10. The lowest BCUT2D eigenvalue weighted by atomic mass is 10.0. The van der Waals surface area contributed by atoms with Gasteiger partial charge in [0.1, 0.15) is 36.4 Å². The van der Waals surface area contributed by atoms with E-state index in [2.05, 4.69) is 30.0 Å². The minimum Gasteiger partial charge on any atom is -0.260 e. The Balaban J connectivity index is 2.24. The second-order valence-electron chi connectivity index (χ2n) is 4.95. The van der Waals surface area contributed by atoms with E-state index in [0.717, 1.165) is 0 Å². The minimum absolute atomic E-state index is 0.0810. The summed E-state index contributed by atoms with van der Waals surface area (Å²) in [5.41, 5.74) is 0.394. The summed E-state index contributed by atoms with van der Waals surface area (Å²) in [5.74, 6) is 0. The smallest absolute Gasteiger partial charge is 0.177 e. The van der Waals surface area contributed by atoms with Crippen LogP contribution in [0, 0.1) is 45.3 Å². The first-order chi connectivity index (χ1) is 12.7. The molecule has 10 nitrogen and oxygen atoms in total. The molecule has 3 aliphatic heterocycles. The lowest BCUT2D eigenvalue weighted by Crippen LogP contribution is -2.33. The van der Waals surface area contributed by atoms with E-state index in [0.29, 0.717) is 11.4 Å². The van der Waals surface area contributed by atoms with Crippen molar-refractivity contribution in [3.8, 4) is 24.3 Å². The third kappa shape index (κ3) is 2.94. The molecule has 0 radical (unpaired) electrons. The van der Waals surface area contributed by atoms with E-state index in [1.54, 1.807) is 12.1 Å². The maximum Gasteiger partial charge on any atom is 0.177 e. The zero-order valence-corrected chi connectivity index (χ0v) is 12.9. The SMILES string of the molecule is N#CC1=NC2/C(=C/N=C(C#N)C(C#N)=N/C=C3\N=CC(C#N)=NC32)N=C1. The molecule has 3 rings (SSSR count). The molecule has 2 unspecified atom stereocenters. The Bertz CT molecular complexity index is 992. The van der Waals surface area contributed by atoms with Gasteiger partial charge in [0.2, 0.25) is 0 Å². The van der Waals surface area contributed by atoms with Crippen molar-refractivity contribution in [1.29, 1.82) is 21.0 Å². The highest BCUT2D eigenvalue weighted by atomic mass is 15.1. The Morgan fingerprint density at radius 2 is 1.08 bits per heavy atom. The minimum atomic E-state index is -0.774. The fourth-order valence-electron chi connectivity index (χ4n) is 2.27. The summed E-state index contributed by atoms with van der Waals surface area (Å²) < 4.78 is 0. The second-order valence-corrected chi connectivity index (χ2v) is 4.95. The number of fused-ring (bicyclic) bond motifs is 3. The standard InChI is InChI=1S/C16H6N10/c17-1-9-5-21-13-7-23-11(3-19)12(4-20)24-8-14-16(15(13)25-9)26-10(2-18)6-22-14/h5-8,15-16H/b13-7-,14-8-,23-11?,24-12?. The highest BCUT2D eigenvalue weighted by Crippen LogP contribution is 2.27. The largest absolute Gasteiger partial charge is 0.260 e. The van der Waals surface area contributed by atoms with Gasteiger partial charge < -0.3 is 0 Å². The average Bonchev–Trinajstić information content (AvgIpc) is 2.70. The highest BCUT2D eigenvalue weighted by Gasteiger charge is 2.32. The molecule has 0 spiro atoms. The summed E-state index contributed by atoms with van der Waals surface area (Å²) in [6.45, 7) is 0. The lowest BCUT2D eigenvalue weighted by Gasteiger charge is -2.25. The van der Waals surface area contributed by atoms with E-state index in [4.69, 9.17) is 10.5 Å². The number of nitriles is 4. The van der Waals surface area contributed by atoms with E-state index in [9.17, 15) is 10.5 Å². The van der Waals surface area contributed by atoms with E-state index >= 15 is 0 Å².